The van der Waals surface area contributed by atoms with Crippen molar-refractivity contribution in [3.05, 3.63) is 35.9 Å². The van der Waals surface area contributed by atoms with Crippen LogP contribution in [-0.4, -0.2) is 34.8 Å². The van der Waals surface area contributed by atoms with E-state index in [1.165, 1.54) is 0 Å². The lowest BCUT2D eigenvalue weighted by Gasteiger charge is -2.44. The third-order valence-corrected chi connectivity index (χ3v) is 4.34. The maximum Gasteiger partial charge on any atom is 0.410 e. The number of hydrogen-bond donors (Lipinski definition) is 1. The van der Waals surface area contributed by atoms with Crippen LogP contribution in [0.25, 0.3) is 0 Å². The molecule has 4 heteroatoms. The van der Waals surface area contributed by atoms with Crippen molar-refractivity contribution in [3.8, 4) is 0 Å². The van der Waals surface area contributed by atoms with Gasteiger partial charge in [-0.3, -0.25) is 4.90 Å². The van der Waals surface area contributed by atoms with Gasteiger partial charge in [0.05, 0.1) is 12.1 Å². The summed E-state index contributed by atoms with van der Waals surface area (Å²) >= 11 is 0. The monoisotopic (exact) mass is 261 g/mol. The van der Waals surface area contributed by atoms with E-state index in [0.717, 1.165) is 18.4 Å². The Bertz CT molecular complexity index is 479. The molecule has 3 aliphatic rings. The highest BCUT2D eigenvalue weighted by atomic mass is 16.6. The Kier molecular flexibility index (Phi) is 2.78. The van der Waals surface area contributed by atoms with E-state index in [2.05, 4.69) is 6.92 Å². The van der Waals surface area contributed by atoms with Gasteiger partial charge in [0.1, 0.15) is 6.61 Å². The highest BCUT2D eigenvalue weighted by Crippen LogP contribution is 2.58. The second-order valence-corrected chi connectivity index (χ2v) is 6.17. The van der Waals surface area contributed by atoms with Crippen molar-refractivity contribution in [2.45, 2.75) is 31.9 Å². The third-order valence-electron chi connectivity index (χ3n) is 4.34. The molecule has 2 saturated heterocycles. The van der Waals surface area contributed by atoms with E-state index in [-0.39, 0.29) is 30.3 Å². The number of carbonyl (C=O) groups is 1. The SMILES string of the molecule is CC12CN(C(=O)OCc3ccccc3)C(CO)(C1)C2. The van der Waals surface area contributed by atoms with Crippen LogP contribution in [0, 0.1) is 5.41 Å². The van der Waals surface area contributed by atoms with Crippen LogP contribution in [-0.2, 0) is 11.3 Å². The molecule has 1 aliphatic carbocycles. The molecule has 19 heavy (non-hydrogen) atoms. The van der Waals surface area contributed by atoms with Gasteiger partial charge in [0.2, 0.25) is 0 Å². The summed E-state index contributed by atoms with van der Waals surface area (Å²) in [5.41, 5.74) is 0.795. The zero-order valence-corrected chi connectivity index (χ0v) is 11.1. The van der Waals surface area contributed by atoms with E-state index >= 15 is 0 Å². The molecule has 0 spiro atoms. The molecular formula is C15H19NO3. The zero-order chi connectivity index (χ0) is 13.5. The largest absolute Gasteiger partial charge is 0.445 e. The normalized spacial score (nSPS) is 32.0. The minimum absolute atomic E-state index is 0.0308. The van der Waals surface area contributed by atoms with Gasteiger partial charge in [-0.05, 0) is 23.8 Å². The Morgan fingerprint density at radius 1 is 1.37 bits per heavy atom. The van der Waals surface area contributed by atoms with Gasteiger partial charge in [-0.2, -0.15) is 0 Å². The molecule has 0 aromatic heterocycles. The van der Waals surface area contributed by atoms with Gasteiger partial charge in [-0.15, -0.1) is 0 Å². The van der Waals surface area contributed by atoms with E-state index in [9.17, 15) is 9.90 Å². The quantitative estimate of drug-likeness (QED) is 0.907. The number of amides is 1. The minimum atomic E-state index is -0.359. The molecular weight excluding hydrogens is 242 g/mol. The Morgan fingerprint density at radius 2 is 2.05 bits per heavy atom. The summed E-state index contributed by atoms with van der Waals surface area (Å²) in [6.45, 7) is 3.17. The maximum absolute atomic E-state index is 12.2. The van der Waals surface area contributed by atoms with Crippen molar-refractivity contribution in [2.75, 3.05) is 13.2 Å². The van der Waals surface area contributed by atoms with Crippen LogP contribution in [0.15, 0.2) is 30.3 Å². The molecule has 2 bridgehead atoms. The van der Waals surface area contributed by atoms with Crippen molar-refractivity contribution in [1.82, 2.24) is 4.90 Å². The fraction of sp³-hybridized carbons (Fsp3) is 0.533. The summed E-state index contributed by atoms with van der Waals surface area (Å²) < 4.78 is 5.36. The smallest absolute Gasteiger partial charge is 0.410 e. The maximum atomic E-state index is 12.2. The Morgan fingerprint density at radius 3 is 2.68 bits per heavy atom. The van der Waals surface area contributed by atoms with E-state index in [0.29, 0.717) is 6.54 Å². The topological polar surface area (TPSA) is 49.8 Å². The zero-order valence-electron chi connectivity index (χ0n) is 11.1. The van der Waals surface area contributed by atoms with Gasteiger partial charge < -0.3 is 9.84 Å². The molecule has 1 aromatic rings. The molecule has 2 heterocycles. The molecule has 3 fully saturated rings. The first-order chi connectivity index (χ1) is 9.07. The molecule has 4 nitrogen and oxygen atoms in total. The predicted octanol–water partition coefficient (Wildman–Crippen LogP) is 2.17. The summed E-state index contributed by atoms with van der Waals surface area (Å²) in [7, 11) is 0. The summed E-state index contributed by atoms with van der Waals surface area (Å²) in [5, 5.41) is 9.53. The Balaban J connectivity index is 1.62. The van der Waals surface area contributed by atoms with E-state index in [1.54, 1.807) is 4.90 Å². The number of aliphatic hydroxyl groups excluding tert-OH is 1. The van der Waals surface area contributed by atoms with Gasteiger partial charge in [0.15, 0.2) is 0 Å². The average molecular weight is 261 g/mol. The van der Waals surface area contributed by atoms with Crippen LogP contribution in [0.2, 0.25) is 0 Å². The Labute approximate surface area is 113 Å². The van der Waals surface area contributed by atoms with Crippen LogP contribution in [0.4, 0.5) is 4.79 Å². The first-order valence-corrected chi connectivity index (χ1v) is 6.66. The highest BCUT2D eigenvalue weighted by Gasteiger charge is 2.64. The first kappa shape index (κ1) is 12.5. The molecule has 1 saturated carbocycles. The summed E-state index contributed by atoms with van der Waals surface area (Å²) in [6, 6.07) is 9.64. The van der Waals surface area contributed by atoms with Crippen molar-refractivity contribution in [3.63, 3.8) is 0 Å². The molecule has 4 rings (SSSR count). The lowest BCUT2D eigenvalue weighted by Crippen LogP contribution is -2.53. The fourth-order valence-corrected chi connectivity index (χ4v) is 3.64. The van der Waals surface area contributed by atoms with Crippen molar-refractivity contribution in [1.29, 1.82) is 0 Å². The molecule has 1 N–H and O–H groups in total. The van der Waals surface area contributed by atoms with Crippen molar-refractivity contribution >= 4 is 6.09 Å². The van der Waals surface area contributed by atoms with Crippen LogP contribution in [0.5, 0.6) is 0 Å². The van der Waals surface area contributed by atoms with Gasteiger partial charge in [-0.1, -0.05) is 37.3 Å². The minimum Gasteiger partial charge on any atom is -0.445 e. The molecule has 0 radical (unpaired) electrons. The number of fused-ring (bicyclic) bond motifs is 1. The summed E-state index contributed by atoms with van der Waals surface area (Å²) in [6.07, 6.45) is 1.47. The number of carbonyl (C=O) groups excluding carboxylic acids is 1. The molecule has 0 unspecified atom stereocenters. The molecule has 1 aromatic carbocycles. The first-order valence-electron chi connectivity index (χ1n) is 6.66. The van der Waals surface area contributed by atoms with Crippen LogP contribution in [0.3, 0.4) is 0 Å². The van der Waals surface area contributed by atoms with Gasteiger partial charge in [0.25, 0.3) is 0 Å². The van der Waals surface area contributed by atoms with Crippen LogP contribution >= 0.6 is 0 Å². The van der Waals surface area contributed by atoms with E-state index in [4.69, 9.17) is 4.74 Å². The van der Waals surface area contributed by atoms with Crippen LogP contribution in [0.1, 0.15) is 25.3 Å². The second-order valence-electron chi connectivity index (χ2n) is 6.17. The standard InChI is InChI=1S/C15H19NO3/c1-14-8-15(9-14,11-17)16(10-14)13(18)19-7-12-5-3-2-4-6-12/h2-6,17H,7-11H2,1H3. The lowest BCUT2D eigenvalue weighted by atomic mass is 9.63. The van der Waals surface area contributed by atoms with E-state index in [1.807, 2.05) is 30.3 Å². The molecule has 1 amide bonds. The number of benzene rings is 1. The summed E-state index contributed by atoms with van der Waals surface area (Å²) in [4.78, 5) is 13.9. The molecule has 102 valence electrons. The van der Waals surface area contributed by atoms with Gasteiger partial charge in [-0.25, -0.2) is 4.79 Å². The van der Waals surface area contributed by atoms with E-state index < -0.39 is 0 Å². The predicted molar refractivity (Wildman–Crippen MR) is 70.5 cm³/mol. The number of nitrogens with zero attached hydrogens (tertiary/aromatic N) is 1. The van der Waals surface area contributed by atoms with Gasteiger partial charge in [0, 0.05) is 6.54 Å². The fourth-order valence-electron chi connectivity index (χ4n) is 3.64. The number of rotatable bonds is 3. The third kappa shape index (κ3) is 2.00. The van der Waals surface area contributed by atoms with Crippen molar-refractivity contribution < 1.29 is 14.6 Å². The summed E-state index contributed by atoms with van der Waals surface area (Å²) in [5.74, 6) is 0. The van der Waals surface area contributed by atoms with Crippen LogP contribution < -0.4 is 0 Å². The molecule has 2 aliphatic heterocycles. The molecule has 0 atom stereocenters. The number of ether oxygens (including phenoxy) is 1. The number of hydrogen-bond acceptors (Lipinski definition) is 3. The lowest BCUT2D eigenvalue weighted by molar-refractivity contribution is 0.00682. The number of aliphatic hydroxyl groups is 1. The van der Waals surface area contributed by atoms with Crippen molar-refractivity contribution in [2.24, 2.45) is 5.41 Å². The second kappa shape index (κ2) is 4.23. The average Bonchev–Trinajstić information content (AvgIpc) is 2.86. The highest BCUT2D eigenvalue weighted by molar-refractivity contribution is 5.70. The Hall–Kier alpha value is -1.55. The van der Waals surface area contributed by atoms with Gasteiger partial charge >= 0.3 is 6.09 Å².